The zero-order chi connectivity index (χ0) is 14.9. The summed E-state index contributed by atoms with van der Waals surface area (Å²) in [5.74, 6) is 3.07. The van der Waals surface area contributed by atoms with Crippen LogP contribution >= 0.6 is 0 Å². The molecule has 2 rings (SSSR count). The van der Waals surface area contributed by atoms with E-state index >= 15 is 0 Å². The number of unbranched alkanes of at least 4 members (excludes halogenated alkanes) is 2. The summed E-state index contributed by atoms with van der Waals surface area (Å²) in [6.07, 6.45) is 19.2. The molecular formula is C20H38O. The molecule has 0 radical (unpaired) electrons. The molecule has 0 N–H and O–H groups in total. The van der Waals surface area contributed by atoms with Gasteiger partial charge in [0, 0.05) is 6.61 Å². The third-order valence-corrected chi connectivity index (χ3v) is 6.00. The van der Waals surface area contributed by atoms with Crippen LogP contribution in [0.4, 0.5) is 0 Å². The van der Waals surface area contributed by atoms with Crippen LogP contribution in [0.2, 0.25) is 0 Å². The summed E-state index contributed by atoms with van der Waals surface area (Å²) in [6.45, 7) is 5.51. The van der Waals surface area contributed by atoms with Crippen molar-refractivity contribution >= 4 is 0 Å². The number of rotatable bonds is 8. The number of ether oxygens (including phenoxy) is 1. The molecule has 0 aromatic carbocycles. The molecule has 0 spiro atoms. The Morgan fingerprint density at radius 2 is 1.62 bits per heavy atom. The molecule has 21 heavy (non-hydrogen) atoms. The van der Waals surface area contributed by atoms with Crippen LogP contribution in [0.25, 0.3) is 0 Å². The molecule has 2 aliphatic rings. The number of hydrogen-bond donors (Lipinski definition) is 0. The van der Waals surface area contributed by atoms with Gasteiger partial charge in [0.25, 0.3) is 0 Å². The van der Waals surface area contributed by atoms with Crippen LogP contribution in [-0.2, 0) is 4.74 Å². The van der Waals surface area contributed by atoms with Gasteiger partial charge < -0.3 is 4.74 Å². The molecule has 0 aliphatic heterocycles. The molecule has 124 valence electrons. The van der Waals surface area contributed by atoms with Crippen molar-refractivity contribution in [3.8, 4) is 0 Å². The Labute approximate surface area is 133 Å². The Morgan fingerprint density at radius 3 is 2.33 bits per heavy atom. The minimum absolute atomic E-state index is 0.589. The van der Waals surface area contributed by atoms with Gasteiger partial charge in [0.05, 0.1) is 6.10 Å². The van der Waals surface area contributed by atoms with Gasteiger partial charge in [-0.05, 0) is 56.3 Å². The molecule has 2 saturated carbocycles. The fourth-order valence-electron chi connectivity index (χ4n) is 4.68. The first-order valence-electron chi connectivity index (χ1n) is 9.95. The summed E-state index contributed by atoms with van der Waals surface area (Å²) < 4.78 is 6.04. The zero-order valence-corrected chi connectivity index (χ0v) is 14.6. The lowest BCUT2D eigenvalue weighted by Gasteiger charge is -2.38. The van der Waals surface area contributed by atoms with Crippen molar-refractivity contribution in [3.05, 3.63) is 0 Å². The Bertz CT molecular complexity index is 255. The molecule has 2 aliphatic carbocycles. The molecule has 2 unspecified atom stereocenters. The molecule has 2 atom stereocenters. The second-order valence-electron chi connectivity index (χ2n) is 7.70. The predicted molar refractivity (Wildman–Crippen MR) is 91.6 cm³/mol. The summed E-state index contributed by atoms with van der Waals surface area (Å²) in [5, 5.41) is 0. The van der Waals surface area contributed by atoms with Crippen molar-refractivity contribution in [2.45, 2.75) is 103 Å². The van der Waals surface area contributed by atoms with E-state index in [0.717, 1.165) is 24.4 Å². The Morgan fingerprint density at radius 1 is 0.810 bits per heavy atom. The first-order chi connectivity index (χ1) is 10.3. The highest BCUT2D eigenvalue weighted by atomic mass is 16.5. The van der Waals surface area contributed by atoms with Crippen LogP contribution in [0.1, 0.15) is 97.3 Å². The van der Waals surface area contributed by atoms with Gasteiger partial charge in [-0.2, -0.15) is 0 Å². The van der Waals surface area contributed by atoms with Gasteiger partial charge in [-0.3, -0.25) is 0 Å². The molecule has 2 fully saturated rings. The minimum atomic E-state index is 0.589. The summed E-state index contributed by atoms with van der Waals surface area (Å²) in [5.41, 5.74) is 0. The minimum Gasteiger partial charge on any atom is -0.378 e. The Hall–Kier alpha value is -0.0400. The summed E-state index contributed by atoms with van der Waals surface area (Å²) in [4.78, 5) is 0. The first kappa shape index (κ1) is 17.3. The third kappa shape index (κ3) is 5.93. The largest absolute Gasteiger partial charge is 0.378 e. The summed E-state index contributed by atoms with van der Waals surface area (Å²) in [7, 11) is 0. The molecule has 0 amide bonds. The summed E-state index contributed by atoms with van der Waals surface area (Å²) >= 11 is 0. The van der Waals surface area contributed by atoms with E-state index in [1.165, 1.54) is 83.5 Å². The van der Waals surface area contributed by atoms with Gasteiger partial charge in [-0.25, -0.2) is 0 Å². The van der Waals surface area contributed by atoms with Crippen LogP contribution in [-0.4, -0.2) is 12.7 Å². The molecule has 0 bridgehead atoms. The van der Waals surface area contributed by atoms with Crippen molar-refractivity contribution in [1.29, 1.82) is 0 Å². The second-order valence-corrected chi connectivity index (χ2v) is 7.70. The van der Waals surface area contributed by atoms with Crippen molar-refractivity contribution in [2.75, 3.05) is 6.61 Å². The maximum Gasteiger partial charge on any atom is 0.0577 e. The van der Waals surface area contributed by atoms with E-state index in [1.54, 1.807) is 0 Å². The SMILES string of the molecule is CCCCCC1CCC(C2CCCC(OCCC)C2)CC1. The molecule has 0 aromatic heterocycles. The van der Waals surface area contributed by atoms with E-state index < -0.39 is 0 Å². The highest BCUT2D eigenvalue weighted by Gasteiger charge is 2.31. The van der Waals surface area contributed by atoms with Gasteiger partial charge in [0.1, 0.15) is 0 Å². The second kappa shape index (κ2) is 9.87. The van der Waals surface area contributed by atoms with E-state index in [1.807, 2.05) is 0 Å². The molecule has 1 heteroatoms. The quantitative estimate of drug-likeness (QED) is 0.473. The maximum atomic E-state index is 6.04. The van der Waals surface area contributed by atoms with Gasteiger partial charge >= 0.3 is 0 Å². The van der Waals surface area contributed by atoms with Crippen molar-refractivity contribution < 1.29 is 4.74 Å². The lowest BCUT2D eigenvalue weighted by molar-refractivity contribution is -0.00186. The average Bonchev–Trinajstić information content (AvgIpc) is 2.54. The molecular weight excluding hydrogens is 256 g/mol. The van der Waals surface area contributed by atoms with Gasteiger partial charge in [0.2, 0.25) is 0 Å². The topological polar surface area (TPSA) is 9.23 Å². The molecule has 0 aromatic rings. The lowest BCUT2D eigenvalue weighted by Crippen LogP contribution is -2.30. The highest BCUT2D eigenvalue weighted by molar-refractivity contribution is 4.83. The monoisotopic (exact) mass is 294 g/mol. The third-order valence-electron chi connectivity index (χ3n) is 6.00. The predicted octanol–water partition coefficient (Wildman–Crippen LogP) is 6.36. The van der Waals surface area contributed by atoms with Crippen LogP contribution in [0, 0.1) is 17.8 Å². The van der Waals surface area contributed by atoms with E-state index in [0.29, 0.717) is 6.10 Å². The van der Waals surface area contributed by atoms with Crippen molar-refractivity contribution in [2.24, 2.45) is 17.8 Å². The van der Waals surface area contributed by atoms with Gasteiger partial charge in [-0.15, -0.1) is 0 Å². The maximum absolute atomic E-state index is 6.04. The zero-order valence-electron chi connectivity index (χ0n) is 14.6. The standard InChI is InChI=1S/C20H38O/c1-3-5-6-8-17-11-13-18(14-12-17)19-9-7-10-20(16-19)21-15-4-2/h17-20H,3-16H2,1-2H3. The fraction of sp³-hybridized carbons (Fsp3) is 1.00. The van der Waals surface area contributed by atoms with E-state index in [9.17, 15) is 0 Å². The van der Waals surface area contributed by atoms with E-state index in [2.05, 4.69) is 13.8 Å². The lowest BCUT2D eigenvalue weighted by atomic mass is 9.70. The highest BCUT2D eigenvalue weighted by Crippen LogP contribution is 2.41. The number of hydrogen-bond acceptors (Lipinski definition) is 1. The van der Waals surface area contributed by atoms with Crippen LogP contribution in [0.3, 0.4) is 0 Å². The molecule has 0 saturated heterocycles. The van der Waals surface area contributed by atoms with Crippen LogP contribution in [0.15, 0.2) is 0 Å². The molecule has 1 nitrogen and oxygen atoms in total. The average molecular weight is 295 g/mol. The van der Waals surface area contributed by atoms with Gasteiger partial charge in [0.15, 0.2) is 0 Å². The van der Waals surface area contributed by atoms with Crippen LogP contribution in [0.5, 0.6) is 0 Å². The molecule has 0 heterocycles. The van der Waals surface area contributed by atoms with Gasteiger partial charge in [-0.1, -0.05) is 58.8 Å². The van der Waals surface area contributed by atoms with E-state index in [4.69, 9.17) is 4.74 Å². The van der Waals surface area contributed by atoms with Crippen molar-refractivity contribution in [3.63, 3.8) is 0 Å². The fourth-order valence-corrected chi connectivity index (χ4v) is 4.68. The summed E-state index contributed by atoms with van der Waals surface area (Å²) in [6, 6.07) is 0. The van der Waals surface area contributed by atoms with E-state index in [-0.39, 0.29) is 0 Å². The normalized spacial score (nSPS) is 34.0. The Kier molecular flexibility index (Phi) is 8.14. The van der Waals surface area contributed by atoms with Crippen molar-refractivity contribution in [1.82, 2.24) is 0 Å². The van der Waals surface area contributed by atoms with Crippen LogP contribution < -0.4 is 0 Å². The Balaban J connectivity index is 1.66. The first-order valence-corrected chi connectivity index (χ1v) is 9.95. The smallest absolute Gasteiger partial charge is 0.0577 e.